The van der Waals surface area contributed by atoms with Crippen molar-refractivity contribution in [3.05, 3.63) is 41.6 Å². The van der Waals surface area contributed by atoms with E-state index in [1.165, 1.54) is 10.7 Å². The Morgan fingerprint density at radius 3 is 2.72 bits per heavy atom. The molecule has 1 aliphatic rings. The maximum Gasteiger partial charge on any atom is 0.137 e. The number of aliphatic imine (C=N–C) groups is 1. The Hall–Kier alpha value is -1.86. The number of rotatable bonds is 6. The molecule has 1 unspecified atom stereocenters. The van der Waals surface area contributed by atoms with Gasteiger partial charge in [-0.25, -0.2) is 8.78 Å². The average molecular weight is 363 g/mol. The second-order valence-corrected chi connectivity index (χ2v) is 13.2. The molecule has 0 aliphatic carbocycles. The minimum absolute atomic E-state index is 0.0859. The fraction of sp³-hybridized carbons (Fsp3) is 0.444. The van der Waals surface area contributed by atoms with E-state index in [1.54, 1.807) is 7.05 Å². The number of benzene rings is 1. The number of ether oxygens (including phenoxy) is 1. The molecule has 0 spiro atoms. The van der Waals surface area contributed by atoms with Crippen molar-refractivity contribution < 1.29 is 13.5 Å². The number of hydrogen-bond donors (Lipinski definition) is 0. The van der Waals surface area contributed by atoms with Crippen LogP contribution in [-0.4, -0.2) is 42.8 Å². The van der Waals surface area contributed by atoms with E-state index in [9.17, 15) is 8.78 Å². The maximum absolute atomic E-state index is 14.2. The van der Waals surface area contributed by atoms with Crippen molar-refractivity contribution in [1.82, 2.24) is 9.78 Å². The van der Waals surface area contributed by atoms with Crippen LogP contribution in [0, 0.1) is 11.6 Å². The predicted octanol–water partition coefficient (Wildman–Crippen LogP) is 3.93. The van der Waals surface area contributed by atoms with Crippen molar-refractivity contribution in [3.63, 3.8) is 0 Å². The van der Waals surface area contributed by atoms with Crippen molar-refractivity contribution in [3.8, 4) is 0 Å². The van der Waals surface area contributed by atoms with Gasteiger partial charge in [-0.3, -0.25) is 9.67 Å². The number of nitrogens with zero attached hydrogens (tertiary/aromatic N) is 3. The molecule has 4 nitrogen and oxygen atoms in total. The first-order valence-electron chi connectivity index (χ1n) is 8.40. The number of hydrogen-bond acceptors (Lipinski definition) is 3. The Kier molecular flexibility index (Phi) is 4.88. The molecule has 3 rings (SSSR count). The lowest BCUT2D eigenvalue weighted by Crippen LogP contribution is -2.22. The fourth-order valence-corrected chi connectivity index (χ4v) is 3.52. The van der Waals surface area contributed by atoms with E-state index in [-0.39, 0.29) is 6.04 Å². The Labute approximate surface area is 147 Å². The van der Waals surface area contributed by atoms with Crippen LogP contribution in [0.25, 0.3) is 10.9 Å². The van der Waals surface area contributed by atoms with E-state index in [2.05, 4.69) is 29.7 Å². The molecule has 0 radical (unpaired) electrons. The normalized spacial score (nSPS) is 17.5. The highest BCUT2D eigenvalue weighted by molar-refractivity contribution is 6.76. The topological polar surface area (TPSA) is 39.4 Å². The highest BCUT2D eigenvalue weighted by Gasteiger charge is 2.21. The molecule has 1 aromatic heterocycles. The van der Waals surface area contributed by atoms with Gasteiger partial charge in [-0.15, -0.1) is 0 Å². The van der Waals surface area contributed by atoms with Gasteiger partial charge in [-0.05, 0) is 18.2 Å². The molecular weight excluding hydrogens is 340 g/mol. The average Bonchev–Trinajstić information content (AvgIpc) is 3.08. The molecule has 2 heterocycles. The van der Waals surface area contributed by atoms with Gasteiger partial charge in [0.1, 0.15) is 17.3 Å². The van der Waals surface area contributed by atoms with Gasteiger partial charge in [0.05, 0.1) is 29.3 Å². The van der Waals surface area contributed by atoms with E-state index in [0.29, 0.717) is 28.9 Å². The number of aromatic nitrogens is 2. The van der Waals surface area contributed by atoms with Gasteiger partial charge in [-0.2, -0.15) is 5.10 Å². The zero-order chi connectivity index (χ0) is 18.2. The molecule has 0 saturated carbocycles. The number of allylic oxidation sites excluding steroid dienone is 1. The van der Waals surface area contributed by atoms with Crippen LogP contribution in [0.2, 0.25) is 25.7 Å². The third-order valence-electron chi connectivity index (χ3n) is 4.18. The van der Waals surface area contributed by atoms with Crippen LogP contribution in [0.5, 0.6) is 0 Å². The lowest BCUT2D eigenvalue weighted by atomic mass is 10.1. The predicted molar refractivity (Wildman–Crippen MR) is 99.1 cm³/mol. The Morgan fingerprint density at radius 2 is 2.00 bits per heavy atom. The molecule has 1 aliphatic heterocycles. The lowest BCUT2D eigenvalue weighted by Gasteiger charge is -2.15. The summed E-state index contributed by atoms with van der Waals surface area (Å²) in [6.45, 7) is 8.18. The molecule has 7 heteroatoms. The minimum Gasteiger partial charge on any atom is -0.379 e. The van der Waals surface area contributed by atoms with Gasteiger partial charge in [0.15, 0.2) is 0 Å². The van der Waals surface area contributed by atoms with Crippen LogP contribution in [-0.2, 0) is 11.8 Å². The maximum atomic E-state index is 14.2. The molecule has 0 amide bonds. The first-order chi connectivity index (χ1) is 11.7. The summed E-state index contributed by atoms with van der Waals surface area (Å²) in [5.41, 5.74) is 1.46. The Balaban J connectivity index is 1.75. The highest BCUT2D eigenvalue weighted by Crippen LogP contribution is 2.25. The summed E-state index contributed by atoms with van der Waals surface area (Å²) in [5.74, 6) is -1.24. The summed E-state index contributed by atoms with van der Waals surface area (Å²) >= 11 is 0. The van der Waals surface area contributed by atoms with E-state index < -0.39 is 19.7 Å². The summed E-state index contributed by atoms with van der Waals surface area (Å²) in [5, 5.41) is 4.63. The van der Waals surface area contributed by atoms with Crippen molar-refractivity contribution in [2.45, 2.75) is 31.7 Å². The molecule has 0 N–H and O–H groups in total. The zero-order valence-corrected chi connectivity index (χ0v) is 16.0. The molecule has 0 fully saturated rings. The van der Waals surface area contributed by atoms with E-state index >= 15 is 0 Å². The van der Waals surface area contributed by atoms with Crippen LogP contribution in [0.4, 0.5) is 8.78 Å². The minimum atomic E-state index is -1.10. The van der Waals surface area contributed by atoms with Gasteiger partial charge in [0.2, 0.25) is 0 Å². The molecular formula is C18H23F2N3OSi. The van der Waals surface area contributed by atoms with Crippen LogP contribution in [0.3, 0.4) is 0 Å². The smallest absolute Gasteiger partial charge is 0.137 e. The molecule has 1 atom stereocenters. The molecule has 134 valence electrons. The van der Waals surface area contributed by atoms with Crippen molar-refractivity contribution in [1.29, 1.82) is 0 Å². The first kappa shape index (κ1) is 17.9. The molecule has 0 bridgehead atoms. The van der Waals surface area contributed by atoms with Gasteiger partial charge in [0, 0.05) is 27.8 Å². The van der Waals surface area contributed by atoms with Crippen LogP contribution >= 0.6 is 0 Å². The van der Waals surface area contributed by atoms with Crippen LogP contribution in [0.1, 0.15) is 5.69 Å². The molecule has 0 saturated heterocycles. The summed E-state index contributed by atoms with van der Waals surface area (Å²) in [6, 6.07) is 3.19. The molecule has 25 heavy (non-hydrogen) atoms. The number of halogens is 2. The molecule has 1 aromatic carbocycles. The van der Waals surface area contributed by atoms with Crippen LogP contribution < -0.4 is 0 Å². The zero-order valence-electron chi connectivity index (χ0n) is 15.0. The Morgan fingerprint density at radius 1 is 1.24 bits per heavy atom. The highest BCUT2D eigenvalue weighted by atomic mass is 28.3. The third kappa shape index (κ3) is 4.04. The largest absolute Gasteiger partial charge is 0.379 e. The van der Waals surface area contributed by atoms with E-state index in [0.717, 1.165) is 18.7 Å². The first-order valence-corrected chi connectivity index (χ1v) is 12.1. The van der Waals surface area contributed by atoms with Gasteiger partial charge >= 0.3 is 0 Å². The van der Waals surface area contributed by atoms with E-state index in [1.807, 2.05) is 12.2 Å². The third-order valence-corrected chi connectivity index (χ3v) is 5.88. The fourth-order valence-electron chi connectivity index (χ4n) is 2.77. The summed E-state index contributed by atoms with van der Waals surface area (Å²) < 4.78 is 34.9. The summed E-state index contributed by atoms with van der Waals surface area (Å²) in [6.07, 6.45) is 3.77. The van der Waals surface area contributed by atoms with Crippen LogP contribution in [0.15, 0.2) is 29.3 Å². The quantitative estimate of drug-likeness (QED) is 0.576. The molecule has 2 aromatic rings. The summed E-state index contributed by atoms with van der Waals surface area (Å²) in [7, 11) is 0.565. The SMILES string of the molecule is Cn1nc(C2=NC(COCC[Si](C)(C)C)C=C2)c2c(F)cc(F)cc21. The number of fused-ring (bicyclic) bond motifs is 1. The monoisotopic (exact) mass is 363 g/mol. The standard InChI is InChI=1S/C18H23F2N3OSi/c1-23-16-10-12(19)9-14(20)17(16)18(22-23)15-6-5-13(21-15)11-24-7-8-25(2,3)4/h5-6,9-10,13H,7-8,11H2,1-4H3. The van der Waals surface area contributed by atoms with Crippen molar-refractivity contribution in [2.75, 3.05) is 13.2 Å². The Bertz CT molecular complexity index is 852. The van der Waals surface area contributed by atoms with E-state index in [4.69, 9.17) is 4.74 Å². The summed E-state index contributed by atoms with van der Waals surface area (Å²) in [4.78, 5) is 4.57. The lowest BCUT2D eigenvalue weighted by molar-refractivity contribution is 0.143. The second-order valence-electron chi connectivity index (χ2n) is 7.58. The van der Waals surface area contributed by atoms with Crippen molar-refractivity contribution >= 4 is 24.7 Å². The second kappa shape index (κ2) is 6.80. The van der Waals surface area contributed by atoms with Gasteiger partial charge in [-0.1, -0.05) is 25.7 Å². The van der Waals surface area contributed by atoms with Gasteiger partial charge < -0.3 is 4.74 Å². The van der Waals surface area contributed by atoms with Gasteiger partial charge in [0.25, 0.3) is 0 Å². The number of aryl methyl sites for hydroxylation is 1. The van der Waals surface area contributed by atoms with Crippen molar-refractivity contribution in [2.24, 2.45) is 12.0 Å².